The van der Waals surface area contributed by atoms with Crippen LogP contribution in [0.25, 0.3) is 0 Å². The molecule has 2 amide bonds. The monoisotopic (exact) mass is 191 g/mol. The van der Waals surface area contributed by atoms with E-state index in [0.29, 0.717) is 11.8 Å². The van der Waals surface area contributed by atoms with Crippen molar-refractivity contribution in [3.05, 3.63) is 0 Å². The number of hydrogen-bond acceptors (Lipinski definition) is 2. The molecule has 0 spiro atoms. The van der Waals surface area contributed by atoms with Crippen LogP contribution in [0.3, 0.4) is 0 Å². The molecule has 0 saturated heterocycles. The van der Waals surface area contributed by atoms with Crippen molar-refractivity contribution in [3.63, 3.8) is 0 Å². The van der Waals surface area contributed by atoms with Crippen molar-refractivity contribution in [1.82, 2.24) is 4.90 Å². The number of urea groups is 1. The number of carbonyl (C=O) groups is 1. The van der Waals surface area contributed by atoms with Gasteiger partial charge in [0.1, 0.15) is 11.4 Å². The second kappa shape index (κ2) is 2.74. The minimum Gasteiger partial charge on any atom is -0.385 e. The standard InChI is InChI=1S/C10H13N3O/c1-3-6-13-9(14)12-8(11)10(13,2)7-4-5-7/h1,7H,4-6H2,2H3,(H2,11,12,14). The van der Waals surface area contributed by atoms with Crippen molar-refractivity contribution in [3.8, 4) is 12.3 Å². The predicted octanol–water partition coefficient (Wildman–Crippen LogP) is 0.581. The summed E-state index contributed by atoms with van der Waals surface area (Å²) in [5, 5.41) is 0. The number of rotatable bonds is 2. The Labute approximate surface area is 83.2 Å². The highest BCUT2D eigenvalue weighted by molar-refractivity contribution is 6.06. The summed E-state index contributed by atoms with van der Waals surface area (Å²) in [5.41, 5.74) is 5.36. The number of amides is 2. The Morgan fingerprint density at radius 3 is 2.93 bits per heavy atom. The number of hydrogen-bond donors (Lipinski definition) is 1. The molecule has 2 rings (SSSR count). The zero-order valence-corrected chi connectivity index (χ0v) is 8.16. The van der Waals surface area contributed by atoms with E-state index in [9.17, 15) is 4.79 Å². The molecule has 2 N–H and O–H groups in total. The summed E-state index contributed by atoms with van der Waals surface area (Å²) in [6, 6.07) is -0.296. The second-order valence-corrected chi connectivity index (χ2v) is 3.99. The lowest BCUT2D eigenvalue weighted by Crippen LogP contribution is -2.53. The maximum absolute atomic E-state index is 11.5. The van der Waals surface area contributed by atoms with E-state index in [0.717, 1.165) is 12.8 Å². The van der Waals surface area contributed by atoms with Crippen molar-refractivity contribution in [2.24, 2.45) is 16.6 Å². The minimum absolute atomic E-state index is 0.288. The molecule has 0 radical (unpaired) electrons. The average Bonchev–Trinajstić information content (AvgIpc) is 2.92. The van der Waals surface area contributed by atoms with Gasteiger partial charge in [-0.15, -0.1) is 6.42 Å². The van der Waals surface area contributed by atoms with E-state index in [1.165, 1.54) is 0 Å². The zero-order chi connectivity index (χ0) is 10.3. The van der Waals surface area contributed by atoms with Gasteiger partial charge in [0.05, 0.1) is 6.54 Å². The summed E-state index contributed by atoms with van der Waals surface area (Å²) in [4.78, 5) is 16.9. The number of carbonyl (C=O) groups excluding carboxylic acids is 1. The third-order valence-corrected chi connectivity index (χ3v) is 3.15. The number of aliphatic imine (C=N–C) groups is 1. The van der Waals surface area contributed by atoms with Crippen LogP contribution >= 0.6 is 0 Å². The molecule has 2 aliphatic rings. The highest BCUT2D eigenvalue weighted by Crippen LogP contribution is 2.45. The molecule has 1 saturated carbocycles. The highest BCUT2D eigenvalue weighted by Gasteiger charge is 2.53. The first-order valence-corrected chi connectivity index (χ1v) is 4.70. The molecular formula is C10H13N3O. The lowest BCUT2D eigenvalue weighted by atomic mass is 9.93. The van der Waals surface area contributed by atoms with Gasteiger partial charge in [-0.3, -0.25) is 4.90 Å². The number of amidine groups is 1. The zero-order valence-electron chi connectivity index (χ0n) is 8.16. The molecule has 0 aromatic carbocycles. The molecule has 0 aromatic rings. The number of nitrogens with zero attached hydrogens (tertiary/aromatic N) is 2. The van der Waals surface area contributed by atoms with Gasteiger partial charge in [-0.1, -0.05) is 5.92 Å². The maximum Gasteiger partial charge on any atom is 0.346 e. The summed E-state index contributed by atoms with van der Waals surface area (Å²) in [7, 11) is 0. The van der Waals surface area contributed by atoms with Crippen molar-refractivity contribution in [1.29, 1.82) is 0 Å². The third kappa shape index (κ3) is 1.02. The van der Waals surface area contributed by atoms with Gasteiger partial charge < -0.3 is 5.73 Å². The highest BCUT2D eigenvalue weighted by atomic mass is 16.2. The van der Waals surface area contributed by atoms with E-state index in [-0.39, 0.29) is 12.6 Å². The summed E-state index contributed by atoms with van der Waals surface area (Å²) in [5.74, 6) is 3.33. The van der Waals surface area contributed by atoms with Crippen LogP contribution in [0.2, 0.25) is 0 Å². The summed E-state index contributed by atoms with van der Waals surface area (Å²) in [6.45, 7) is 2.24. The van der Waals surface area contributed by atoms with E-state index in [2.05, 4.69) is 10.9 Å². The Balaban J connectivity index is 2.32. The fraction of sp³-hybridized carbons (Fsp3) is 0.600. The van der Waals surface area contributed by atoms with Crippen molar-refractivity contribution in [2.75, 3.05) is 6.54 Å². The fourth-order valence-electron chi connectivity index (χ4n) is 2.01. The van der Waals surface area contributed by atoms with Crippen molar-refractivity contribution >= 4 is 11.9 Å². The van der Waals surface area contributed by atoms with Gasteiger partial charge >= 0.3 is 6.03 Å². The molecule has 1 heterocycles. The van der Waals surface area contributed by atoms with Gasteiger partial charge in [0.25, 0.3) is 0 Å². The average molecular weight is 191 g/mol. The van der Waals surface area contributed by atoms with Crippen LogP contribution in [0.4, 0.5) is 4.79 Å². The van der Waals surface area contributed by atoms with Crippen LogP contribution in [-0.4, -0.2) is 28.9 Å². The second-order valence-electron chi connectivity index (χ2n) is 3.99. The Morgan fingerprint density at radius 1 is 1.79 bits per heavy atom. The number of terminal acetylenes is 1. The first-order valence-electron chi connectivity index (χ1n) is 4.70. The molecule has 0 aromatic heterocycles. The van der Waals surface area contributed by atoms with Gasteiger partial charge in [0.2, 0.25) is 0 Å². The maximum atomic E-state index is 11.5. The van der Waals surface area contributed by atoms with Crippen LogP contribution in [0.15, 0.2) is 4.99 Å². The summed E-state index contributed by atoms with van der Waals surface area (Å²) >= 11 is 0. The molecule has 4 nitrogen and oxygen atoms in total. The topological polar surface area (TPSA) is 58.7 Å². The van der Waals surface area contributed by atoms with E-state index in [4.69, 9.17) is 12.2 Å². The number of nitrogens with two attached hydrogens (primary N) is 1. The molecule has 0 bridgehead atoms. The van der Waals surface area contributed by atoms with Crippen molar-refractivity contribution < 1.29 is 4.79 Å². The predicted molar refractivity (Wildman–Crippen MR) is 53.7 cm³/mol. The molecule has 74 valence electrons. The summed E-state index contributed by atoms with van der Waals surface area (Å²) < 4.78 is 0. The lowest BCUT2D eigenvalue weighted by Gasteiger charge is -2.33. The van der Waals surface area contributed by atoms with E-state index in [1.54, 1.807) is 4.90 Å². The SMILES string of the molecule is C#CCN1C(=O)N=C(N)C1(C)C1CC1. The van der Waals surface area contributed by atoms with Crippen LogP contribution in [0.1, 0.15) is 19.8 Å². The van der Waals surface area contributed by atoms with Crippen LogP contribution in [0, 0.1) is 18.3 Å². The molecule has 1 aliphatic heterocycles. The quantitative estimate of drug-likeness (QED) is 0.649. The smallest absolute Gasteiger partial charge is 0.346 e. The minimum atomic E-state index is -0.427. The van der Waals surface area contributed by atoms with Gasteiger partial charge in [-0.05, 0) is 25.7 Å². The van der Waals surface area contributed by atoms with Crippen LogP contribution in [-0.2, 0) is 0 Å². The van der Waals surface area contributed by atoms with E-state index >= 15 is 0 Å². The largest absolute Gasteiger partial charge is 0.385 e. The third-order valence-electron chi connectivity index (χ3n) is 3.15. The normalized spacial score (nSPS) is 31.6. The van der Waals surface area contributed by atoms with Gasteiger partial charge in [-0.2, -0.15) is 4.99 Å². The molecule has 1 unspecified atom stereocenters. The molecule has 1 atom stereocenters. The van der Waals surface area contributed by atoms with Crippen LogP contribution in [0.5, 0.6) is 0 Å². The molecule has 4 heteroatoms. The Morgan fingerprint density at radius 2 is 2.43 bits per heavy atom. The van der Waals surface area contributed by atoms with E-state index < -0.39 is 5.54 Å². The molecule has 1 aliphatic carbocycles. The molecule has 14 heavy (non-hydrogen) atoms. The lowest BCUT2D eigenvalue weighted by molar-refractivity contribution is 0.178. The fourth-order valence-corrected chi connectivity index (χ4v) is 2.01. The molecule has 1 fully saturated rings. The molecular weight excluding hydrogens is 178 g/mol. The van der Waals surface area contributed by atoms with E-state index in [1.807, 2.05) is 6.92 Å². The first-order chi connectivity index (χ1) is 6.60. The Hall–Kier alpha value is -1.50. The first kappa shape index (κ1) is 9.07. The van der Waals surface area contributed by atoms with Gasteiger partial charge in [-0.25, -0.2) is 4.79 Å². The van der Waals surface area contributed by atoms with Gasteiger partial charge in [0, 0.05) is 0 Å². The van der Waals surface area contributed by atoms with Crippen molar-refractivity contribution in [2.45, 2.75) is 25.3 Å². The Kier molecular flexibility index (Phi) is 1.78. The van der Waals surface area contributed by atoms with Crippen LogP contribution < -0.4 is 5.73 Å². The van der Waals surface area contributed by atoms with Gasteiger partial charge in [0.15, 0.2) is 0 Å². The Bertz CT molecular complexity index is 351. The summed E-state index contributed by atoms with van der Waals surface area (Å²) in [6.07, 6.45) is 7.42.